The number of aliphatic hydroxyl groups is 2. The highest BCUT2D eigenvalue weighted by Crippen LogP contribution is 2.15. The predicted octanol–water partition coefficient (Wildman–Crippen LogP) is -0.332. The first-order valence-electron chi connectivity index (χ1n) is 3.72. The van der Waals surface area contributed by atoms with Crippen molar-refractivity contribution in [1.29, 1.82) is 0 Å². The molecule has 0 spiro atoms. The monoisotopic (exact) mass is 174 g/mol. The second-order valence-corrected chi connectivity index (χ2v) is 3.14. The molecule has 0 aromatic rings. The maximum absolute atomic E-state index is 10.6. The number of Topliss-reactive ketones (excluding diaryl/α,β-unsaturated/α-hetero) is 2. The largest absolute Gasteiger partial charge is 0.393 e. The van der Waals surface area contributed by atoms with Crippen molar-refractivity contribution in [2.24, 2.45) is 0 Å². The van der Waals surface area contributed by atoms with Crippen LogP contribution >= 0.6 is 0 Å². The molecular formula is C8H14O4. The normalized spacial score (nSPS) is 11.3. The minimum absolute atomic E-state index is 0.178. The number of aliphatic hydroxyl groups excluding tert-OH is 1. The van der Waals surface area contributed by atoms with Crippen molar-refractivity contribution in [3.8, 4) is 0 Å². The topological polar surface area (TPSA) is 74.6 Å². The molecule has 0 aliphatic heterocycles. The molecule has 0 aliphatic rings. The van der Waals surface area contributed by atoms with Crippen molar-refractivity contribution in [2.75, 3.05) is 6.61 Å². The van der Waals surface area contributed by atoms with Crippen LogP contribution in [-0.4, -0.2) is 34.0 Å². The summed E-state index contributed by atoms with van der Waals surface area (Å²) in [6, 6.07) is 0. The molecule has 0 aliphatic carbocycles. The fraction of sp³-hybridized carbons (Fsp3) is 0.750. The van der Waals surface area contributed by atoms with Crippen LogP contribution < -0.4 is 0 Å². The Balaban J connectivity index is 4.23. The first kappa shape index (κ1) is 11.3. The van der Waals surface area contributed by atoms with Gasteiger partial charge in [-0.1, -0.05) is 0 Å². The zero-order chi connectivity index (χ0) is 9.78. The Labute approximate surface area is 71.2 Å². The molecule has 0 fully saturated rings. The second-order valence-electron chi connectivity index (χ2n) is 3.14. The van der Waals surface area contributed by atoms with Crippen LogP contribution in [0.15, 0.2) is 0 Å². The minimum atomic E-state index is -1.56. The summed E-state index contributed by atoms with van der Waals surface area (Å²) < 4.78 is 0. The Morgan fingerprint density at radius 1 is 1.17 bits per heavy atom. The molecule has 0 saturated heterocycles. The summed E-state index contributed by atoms with van der Waals surface area (Å²) in [7, 11) is 0. The molecule has 0 unspecified atom stereocenters. The van der Waals surface area contributed by atoms with Crippen LogP contribution in [0.2, 0.25) is 0 Å². The third-order valence-corrected chi connectivity index (χ3v) is 1.45. The number of hydrogen-bond acceptors (Lipinski definition) is 4. The Bertz CT molecular complexity index is 169. The van der Waals surface area contributed by atoms with Crippen molar-refractivity contribution in [3.05, 3.63) is 0 Å². The molecule has 2 N–H and O–H groups in total. The Hall–Kier alpha value is -0.740. The van der Waals surface area contributed by atoms with Gasteiger partial charge in [0.1, 0.15) is 17.2 Å². The van der Waals surface area contributed by atoms with Crippen molar-refractivity contribution in [1.82, 2.24) is 0 Å². The molecule has 0 atom stereocenters. The lowest BCUT2D eigenvalue weighted by Gasteiger charge is -2.22. The molecule has 4 heteroatoms. The van der Waals surface area contributed by atoms with Crippen LogP contribution in [0.25, 0.3) is 0 Å². The quantitative estimate of drug-likeness (QED) is 0.598. The van der Waals surface area contributed by atoms with E-state index in [2.05, 4.69) is 0 Å². The number of rotatable bonds is 5. The Morgan fingerprint density at radius 2 is 1.50 bits per heavy atom. The lowest BCUT2D eigenvalue weighted by atomic mass is 9.93. The van der Waals surface area contributed by atoms with E-state index >= 15 is 0 Å². The molecule has 0 bridgehead atoms. The smallest absolute Gasteiger partial charge is 0.132 e. The van der Waals surface area contributed by atoms with Crippen LogP contribution in [0.1, 0.15) is 26.7 Å². The van der Waals surface area contributed by atoms with E-state index in [1.165, 1.54) is 13.8 Å². The third-order valence-electron chi connectivity index (χ3n) is 1.45. The van der Waals surface area contributed by atoms with Crippen molar-refractivity contribution >= 4 is 11.6 Å². The zero-order valence-electron chi connectivity index (χ0n) is 7.33. The summed E-state index contributed by atoms with van der Waals surface area (Å²) in [6.45, 7) is 2.05. The third kappa shape index (κ3) is 4.20. The highest BCUT2D eigenvalue weighted by Gasteiger charge is 2.29. The van der Waals surface area contributed by atoms with Crippen molar-refractivity contribution in [3.63, 3.8) is 0 Å². The van der Waals surface area contributed by atoms with Gasteiger partial charge in [-0.15, -0.1) is 0 Å². The van der Waals surface area contributed by atoms with E-state index in [1.807, 2.05) is 0 Å². The van der Waals surface area contributed by atoms with E-state index in [0.717, 1.165) is 0 Å². The van der Waals surface area contributed by atoms with Gasteiger partial charge in [-0.05, 0) is 13.8 Å². The van der Waals surface area contributed by atoms with Gasteiger partial charge in [0.2, 0.25) is 0 Å². The summed E-state index contributed by atoms with van der Waals surface area (Å²) in [5.41, 5.74) is -1.56. The molecule has 0 aromatic heterocycles. The molecule has 70 valence electrons. The highest BCUT2D eigenvalue weighted by molar-refractivity contribution is 5.80. The van der Waals surface area contributed by atoms with Crippen LogP contribution in [0.5, 0.6) is 0 Å². The predicted molar refractivity (Wildman–Crippen MR) is 42.6 cm³/mol. The van der Waals surface area contributed by atoms with Gasteiger partial charge >= 0.3 is 0 Å². The highest BCUT2D eigenvalue weighted by atomic mass is 16.3. The molecule has 0 saturated carbocycles. The second kappa shape index (κ2) is 4.33. The van der Waals surface area contributed by atoms with E-state index in [1.54, 1.807) is 0 Å². The Kier molecular flexibility index (Phi) is 4.06. The number of ketones is 2. The van der Waals surface area contributed by atoms with Gasteiger partial charge in [-0.2, -0.15) is 0 Å². The van der Waals surface area contributed by atoms with Gasteiger partial charge in [-0.3, -0.25) is 9.59 Å². The maximum atomic E-state index is 10.6. The fourth-order valence-corrected chi connectivity index (χ4v) is 1.10. The summed E-state index contributed by atoms with van der Waals surface area (Å²) in [6.07, 6.45) is -0.355. The van der Waals surface area contributed by atoms with Gasteiger partial charge in [0.15, 0.2) is 0 Å². The van der Waals surface area contributed by atoms with Crippen LogP contribution in [0.3, 0.4) is 0 Å². The Morgan fingerprint density at radius 3 is 1.67 bits per heavy atom. The van der Waals surface area contributed by atoms with Gasteiger partial charge in [0.05, 0.1) is 6.61 Å². The van der Waals surface area contributed by atoms with E-state index < -0.39 is 12.2 Å². The molecule has 4 nitrogen and oxygen atoms in total. The summed E-state index contributed by atoms with van der Waals surface area (Å²) in [5, 5.41) is 18.2. The number of carbonyl (C=O) groups is 2. The average Bonchev–Trinajstić information content (AvgIpc) is 1.83. The molecule has 0 rings (SSSR count). The molecule has 0 aromatic carbocycles. The van der Waals surface area contributed by atoms with Gasteiger partial charge in [-0.25, -0.2) is 0 Å². The minimum Gasteiger partial charge on any atom is -0.393 e. The van der Waals surface area contributed by atoms with Crippen molar-refractivity contribution < 1.29 is 19.8 Å². The van der Waals surface area contributed by atoms with Crippen LogP contribution in [0, 0.1) is 0 Å². The molecule has 0 amide bonds. The number of carbonyl (C=O) groups excluding carboxylic acids is 2. The SMILES string of the molecule is CC(=O)CC(O)(CO)CC(C)=O. The average molecular weight is 174 g/mol. The maximum Gasteiger partial charge on any atom is 0.132 e. The first-order valence-corrected chi connectivity index (χ1v) is 3.72. The zero-order valence-corrected chi connectivity index (χ0v) is 7.33. The van der Waals surface area contributed by atoms with E-state index in [0.29, 0.717) is 0 Å². The van der Waals surface area contributed by atoms with E-state index in [9.17, 15) is 14.7 Å². The van der Waals surface area contributed by atoms with Crippen molar-refractivity contribution in [2.45, 2.75) is 32.3 Å². The first-order chi connectivity index (χ1) is 5.39. The molecule has 0 heterocycles. The van der Waals surface area contributed by atoms with Crippen LogP contribution in [-0.2, 0) is 9.59 Å². The number of hydrogen-bond donors (Lipinski definition) is 2. The molecule has 12 heavy (non-hydrogen) atoms. The lowest BCUT2D eigenvalue weighted by molar-refractivity contribution is -0.130. The fourth-order valence-electron chi connectivity index (χ4n) is 1.10. The summed E-state index contributed by atoms with van der Waals surface area (Å²) >= 11 is 0. The summed E-state index contributed by atoms with van der Waals surface area (Å²) in [5.74, 6) is -0.486. The molecule has 0 radical (unpaired) electrons. The standard InChI is InChI=1S/C8H14O4/c1-6(10)3-8(12,5-9)4-7(2)11/h9,12H,3-5H2,1-2H3. The van der Waals surface area contributed by atoms with Gasteiger partial charge < -0.3 is 10.2 Å². The van der Waals surface area contributed by atoms with Gasteiger partial charge in [0, 0.05) is 12.8 Å². The van der Waals surface area contributed by atoms with E-state index in [4.69, 9.17) is 5.11 Å². The van der Waals surface area contributed by atoms with Gasteiger partial charge in [0.25, 0.3) is 0 Å². The van der Waals surface area contributed by atoms with Crippen LogP contribution in [0.4, 0.5) is 0 Å². The molecular weight excluding hydrogens is 160 g/mol. The van der Waals surface area contributed by atoms with E-state index in [-0.39, 0.29) is 24.4 Å². The lowest BCUT2D eigenvalue weighted by Crippen LogP contribution is -2.37. The summed E-state index contributed by atoms with van der Waals surface area (Å²) in [4.78, 5) is 21.2.